The Kier molecular flexibility index (Phi) is 3.27. The van der Waals surface area contributed by atoms with E-state index >= 15 is 0 Å². The maximum absolute atomic E-state index is 2.71. The molecule has 1 saturated heterocycles. The maximum Gasteiger partial charge on any atom is 0.0113 e. The lowest BCUT2D eigenvalue weighted by molar-refractivity contribution is 0.0932. The highest BCUT2D eigenvalue weighted by Crippen LogP contribution is 2.43. The van der Waals surface area contributed by atoms with E-state index in [4.69, 9.17) is 0 Å². The number of allylic oxidation sites excluding steroid dienone is 2. The third-order valence-electron chi connectivity index (χ3n) is 5.05. The summed E-state index contributed by atoms with van der Waals surface area (Å²) < 4.78 is 0. The molecule has 0 aromatic carbocycles. The van der Waals surface area contributed by atoms with Gasteiger partial charge in [0.05, 0.1) is 0 Å². The molecular formula is C15H26N2. The summed E-state index contributed by atoms with van der Waals surface area (Å²) in [5, 5.41) is 0. The van der Waals surface area contributed by atoms with Crippen LogP contribution in [0.2, 0.25) is 0 Å². The first-order chi connectivity index (χ1) is 8.22. The standard InChI is InChI=1S/C15H26N2/c1-12(2)17-7-5-16(6-8-17)11-15-10-13-3-4-14(15)9-13/h3-4,12-15H,5-11H2,1-2H3/t13-,14-,15-/m1/s1. The first-order valence-electron chi connectivity index (χ1n) is 7.37. The summed E-state index contributed by atoms with van der Waals surface area (Å²) in [6, 6.07) is 0.725. The van der Waals surface area contributed by atoms with Crippen molar-refractivity contribution in [2.45, 2.75) is 32.7 Å². The monoisotopic (exact) mass is 234 g/mol. The second-order valence-electron chi connectivity index (χ2n) is 6.47. The Hall–Kier alpha value is -0.340. The van der Waals surface area contributed by atoms with Crippen LogP contribution in [0.5, 0.6) is 0 Å². The van der Waals surface area contributed by atoms with Gasteiger partial charge in [0.25, 0.3) is 0 Å². The zero-order chi connectivity index (χ0) is 11.8. The van der Waals surface area contributed by atoms with Gasteiger partial charge in [-0.05, 0) is 44.4 Å². The number of hydrogen-bond donors (Lipinski definition) is 0. The molecule has 0 amide bonds. The first kappa shape index (κ1) is 11.7. The molecule has 1 saturated carbocycles. The van der Waals surface area contributed by atoms with E-state index in [0.717, 1.165) is 23.8 Å². The fourth-order valence-electron chi connectivity index (χ4n) is 3.90. The predicted octanol–water partition coefficient (Wildman–Crippen LogP) is 2.22. The minimum absolute atomic E-state index is 0.725. The third kappa shape index (κ3) is 2.43. The third-order valence-corrected chi connectivity index (χ3v) is 5.05. The summed E-state index contributed by atoms with van der Waals surface area (Å²) in [6.45, 7) is 11.1. The van der Waals surface area contributed by atoms with Crippen molar-refractivity contribution in [2.75, 3.05) is 32.7 Å². The van der Waals surface area contributed by atoms with Gasteiger partial charge in [0.1, 0.15) is 0 Å². The van der Waals surface area contributed by atoms with Gasteiger partial charge in [0.15, 0.2) is 0 Å². The molecule has 0 unspecified atom stereocenters. The molecule has 2 fully saturated rings. The molecule has 3 atom stereocenters. The largest absolute Gasteiger partial charge is 0.300 e. The van der Waals surface area contributed by atoms with Crippen LogP contribution in [0.3, 0.4) is 0 Å². The van der Waals surface area contributed by atoms with Gasteiger partial charge in [-0.1, -0.05) is 12.2 Å². The topological polar surface area (TPSA) is 6.48 Å². The molecular weight excluding hydrogens is 208 g/mol. The van der Waals surface area contributed by atoms with E-state index in [2.05, 4.69) is 35.8 Å². The molecule has 0 aromatic rings. The molecule has 2 heteroatoms. The van der Waals surface area contributed by atoms with Crippen molar-refractivity contribution in [3.8, 4) is 0 Å². The Balaban J connectivity index is 1.47. The van der Waals surface area contributed by atoms with E-state index in [-0.39, 0.29) is 0 Å². The van der Waals surface area contributed by atoms with Gasteiger partial charge in [-0.3, -0.25) is 4.90 Å². The van der Waals surface area contributed by atoms with Crippen LogP contribution in [0.4, 0.5) is 0 Å². The quantitative estimate of drug-likeness (QED) is 0.691. The molecule has 2 nitrogen and oxygen atoms in total. The Bertz CT molecular complexity index is 289. The lowest BCUT2D eigenvalue weighted by Crippen LogP contribution is -2.50. The van der Waals surface area contributed by atoms with Crippen LogP contribution in [0.1, 0.15) is 26.7 Å². The highest BCUT2D eigenvalue weighted by Gasteiger charge is 2.36. The molecule has 96 valence electrons. The normalized spacial score (nSPS) is 38.4. The molecule has 0 spiro atoms. The molecule has 1 aliphatic heterocycles. The van der Waals surface area contributed by atoms with Gasteiger partial charge in [-0.15, -0.1) is 0 Å². The molecule has 17 heavy (non-hydrogen) atoms. The predicted molar refractivity (Wildman–Crippen MR) is 72.0 cm³/mol. The van der Waals surface area contributed by atoms with Crippen LogP contribution in [-0.4, -0.2) is 48.6 Å². The molecule has 0 radical (unpaired) electrons. The Labute approximate surface area is 106 Å². The molecule has 1 heterocycles. The van der Waals surface area contributed by atoms with Crippen molar-refractivity contribution in [1.82, 2.24) is 9.80 Å². The Morgan fingerprint density at radius 2 is 1.82 bits per heavy atom. The van der Waals surface area contributed by atoms with Crippen molar-refractivity contribution in [3.63, 3.8) is 0 Å². The second-order valence-corrected chi connectivity index (χ2v) is 6.47. The van der Waals surface area contributed by atoms with E-state index in [1.807, 2.05) is 0 Å². The summed E-state index contributed by atoms with van der Waals surface area (Å²) >= 11 is 0. The first-order valence-corrected chi connectivity index (χ1v) is 7.37. The Morgan fingerprint density at radius 1 is 1.06 bits per heavy atom. The van der Waals surface area contributed by atoms with Crippen LogP contribution in [0.15, 0.2) is 12.2 Å². The van der Waals surface area contributed by atoms with Crippen LogP contribution in [0, 0.1) is 17.8 Å². The minimum atomic E-state index is 0.725. The number of piperazine rings is 1. The number of fused-ring (bicyclic) bond motifs is 2. The molecule has 3 rings (SSSR count). The SMILES string of the molecule is CC(C)N1CCN(C[C@H]2C[C@@H]3C=C[C@@H]2C3)CC1. The highest BCUT2D eigenvalue weighted by atomic mass is 15.3. The van der Waals surface area contributed by atoms with Gasteiger partial charge in [-0.2, -0.15) is 0 Å². The molecule has 3 aliphatic rings. The van der Waals surface area contributed by atoms with E-state index in [1.54, 1.807) is 0 Å². The van der Waals surface area contributed by atoms with E-state index < -0.39 is 0 Å². The van der Waals surface area contributed by atoms with Crippen molar-refractivity contribution < 1.29 is 0 Å². The molecule has 0 N–H and O–H groups in total. The maximum atomic E-state index is 2.71. The van der Waals surface area contributed by atoms with Gasteiger partial charge in [-0.25, -0.2) is 0 Å². The van der Waals surface area contributed by atoms with Gasteiger partial charge in [0, 0.05) is 38.8 Å². The molecule has 2 bridgehead atoms. The summed E-state index contributed by atoms with van der Waals surface area (Å²) in [4.78, 5) is 5.31. The van der Waals surface area contributed by atoms with E-state index in [9.17, 15) is 0 Å². The fourth-order valence-corrected chi connectivity index (χ4v) is 3.90. The number of rotatable bonds is 3. The average molecular weight is 234 g/mol. The summed E-state index contributed by atoms with van der Waals surface area (Å²) in [5.41, 5.74) is 0. The van der Waals surface area contributed by atoms with Crippen molar-refractivity contribution >= 4 is 0 Å². The zero-order valence-electron chi connectivity index (χ0n) is 11.3. The van der Waals surface area contributed by atoms with Crippen LogP contribution in [0.25, 0.3) is 0 Å². The smallest absolute Gasteiger partial charge is 0.0113 e. The Morgan fingerprint density at radius 3 is 2.35 bits per heavy atom. The number of nitrogens with zero attached hydrogens (tertiary/aromatic N) is 2. The van der Waals surface area contributed by atoms with Gasteiger partial charge < -0.3 is 4.90 Å². The highest BCUT2D eigenvalue weighted by molar-refractivity contribution is 5.10. The van der Waals surface area contributed by atoms with Crippen molar-refractivity contribution in [2.24, 2.45) is 17.8 Å². The fraction of sp³-hybridized carbons (Fsp3) is 0.867. The van der Waals surface area contributed by atoms with E-state index in [1.165, 1.54) is 45.6 Å². The summed E-state index contributed by atoms with van der Waals surface area (Å²) in [7, 11) is 0. The summed E-state index contributed by atoms with van der Waals surface area (Å²) in [5.74, 6) is 2.82. The minimum Gasteiger partial charge on any atom is -0.300 e. The van der Waals surface area contributed by atoms with Crippen molar-refractivity contribution in [1.29, 1.82) is 0 Å². The summed E-state index contributed by atoms with van der Waals surface area (Å²) in [6.07, 6.45) is 7.86. The zero-order valence-corrected chi connectivity index (χ0v) is 11.3. The lowest BCUT2D eigenvalue weighted by Gasteiger charge is -2.38. The van der Waals surface area contributed by atoms with Crippen LogP contribution < -0.4 is 0 Å². The molecule has 0 aromatic heterocycles. The van der Waals surface area contributed by atoms with Gasteiger partial charge >= 0.3 is 0 Å². The second kappa shape index (κ2) is 4.74. The number of hydrogen-bond acceptors (Lipinski definition) is 2. The molecule has 2 aliphatic carbocycles. The van der Waals surface area contributed by atoms with Crippen LogP contribution >= 0.6 is 0 Å². The van der Waals surface area contributed by atoms with E-state index in [0.29, 0.717) is 0 Å². The van der Waals surface area contributed by atoms with Crippen LogP contribution in [-0.2, 0) is 0 Å². The lowest BCUT2D eigenvalue weighted by atomic mass is 9.93. The van der Waals surface area contributed by atoms with Gasteiger partial charge in [0.2, 0.25) is 0 Å². The van der Waals surface area contributed by atoms with Crippen molar-refractivity contribution in [3.05, 3.63) is 12.2 Å². The average Bonchev–Trinajstić information content (AvgIpc) is 2.91.